The Morgan fingerprint density at radius 3 is 2.27 bits per heavy atom. The number of allylic oxidation sites excluding steroid dienone is 1. The van der Waals surface area contributed by atoms with E-state index in [1.807, 2.05) is 0 Å². The number of fused-ring (bicyclic) bond motifs is 3. The number of esters is 2. The summed E-state index contributed by atoms with van der Waals surface area (Å²) in [7, 11) is 3.08. The lowest BCUT2D eigenvalue weighted by Crippen LogP contribution is -2.63. The molecule has 45 heavy (non-hydrogen) atoms. The van der Waals surface area contributed by atoms with Gasteiger partial charge in [-0.15, -0.1) is 0 Å². The predicted molar refractivity (Wildman–Crippen MR) is 159 cm³/mol. The molecule has 0 saturated carbocycles. The summed E-state index contributed by atoms with van der Waals surface area (Å²) in [5.41, 5.74) is 1.88. The molecule has 0 heterocycles. The standard InChI is InChI=1S/C32H36N2O11/c1-6-44-30(41)14(3)10-17(31(42)45-7-2)11-15-8-9-20(35)22-18(15)12-16-13-19-24(34(4)5)26(37)23(29(33)40)28(39)32(19,43)27(38)21(16)25(22)36/h8-11,16,19,24,35,37-38,43H,6-7,12-13H2,1-5H3,(H2,33,40)/b14-10+,17-11-/t16-,19-,24-,32-/m0/s1. The zero-order chi connectivity index (χ0) is 33.5. The molecule has 13 heteroatoms. The van der Waals surface area contributed by atoms with E-state index in [4.69, 9.17) is 15.2 Å². The number of nitrogens with zero attached hydrogens (tertiary/aromatic N) is 1. The number of rotatable bonds is 8. The Kier molecular flexibility index (Phi) is 9.08. The second-order valence-electron chi connectivity index (χ2n) is 11.4. The van der Waals surface area contributed by atoms with Crippen molar-refractivity contribution in [1.29, 1.82) is 0 Å². The number of phenols is 1. The van der Waals surface area contributed by atoms with Gasteiger partial charge < -0.3 is 35.6 Å². The molecule has 1 aromatic rings. The maximum atomic E-state index is 14.0. The number of ketones is 2. The van der Waals surface area contributed by atoms with Gasteiger partial charge in [-0.05, 0) is 83.0 Å². The minimum absolute atomic E-state index is 0.00541. The van der Waals surface area contributed by atoms with Crippen LogP contribution in [0.5, 0.6) is 5.75 Å². The summed E-state index contributed by atoms with van der Waals surface area (Å²) in [4.78, 5) is 66.2. The fourth-order valence-electron chi connectivity index (χ4n) is 6.49. The Hall–Kier alpha value is -4.75. The number of carbonyl (C=O) groups is 5. The zero-order valence-corrected chi connectivity index (χ0v) is 25.5. The fraction of sp³-hybridized carbons (Fsp3) is 0.406. The summed E-state index contributed by atoms with van der Waals surface area (Å²) in [6.45, 7) is 4.87. The van der Waals surface area contributed by atoms with Gasteiger partial charge in [0.15, 0.2) is 11.4 Å². The number of Topliss-reactive ketones (excluding diaryl/α,β-unsaturated/α-hetero) is 2. The smallest absolute Gasteiger partial charge is 0.338 e. The van der Waals surface area contributed by atoms with E-state index in [2.05, 4.69) is 0 Å². The maximum Gasteiger partial charge on any atom is 0.338 e. The van der Waals surface area contributed by atoms with E-state index in [0.717, 1.165) is 0 Å². The van der Waals surface area contributed by atoms with E-state index in [1.165, 1.54) is 50.2 Å². The van der Waals surface area contributed by atoms with Gasteiger partial charge >= 0.3 is 11.9 Å². The highest BCUT2D eigenvalue weighted by Gasteiger charge is 2.63. The lowest BCUT2D eigenvalue weighted by Gasteiger charge is -2.50. The fourth-order valence-corrected chi connectivity index (χ4v) is 6.49. The number of carbonyl (C=O) groups excluding carboxylic acids is 5. The number of benzene rings is 1. The van der Waals surface area contributed by atoms with Crippen LogP contribution in [0.4, 0.5) is 0 Å². The number of amides is 1. The van der Waals surface area contributed by atoms with Crippen molar-refractivity contribution in [2.45, 2.75) is 45.3 Å². The van der Waals surface area contributed by atoms with Gasteiger partial charge in [0.1, 0.15) is 22.8 Å². The van der Waals surface area contributed by atoms with Gasteiger partial charge in [0.25, 0.3) is 5.91 Å². The molecule has 0 radical (unpaired) electrons. The molecule has 0 fully saturated rings. The average molecular weight is 625 g/mol. The molecule has 0 bridgehead atoms. The monoisotopic (exact) mass is 624 g/mol. The van der Waals surface area contributed by atoms with E-state index in [-0.39, 0.29) is 48.3 Å². The number of nitrogens with two attached hydrogens (primary N) is 1. The van der Waals surface area contributed by atoms with Gasteiger partial charge in [-0.25, -0.2) is 9.59 Å². The second-order valence-corrected chi connectivity index (χ2v) is 11.4. The second kappa shape index (κ2) is 12.3. The number of aliphatic hydroxyl groups is 3. The molecule has 3 aliphatic rings. The molecule has 1 amide bonds. The Labute approximate surface area is 258 Å². The van der Waals surface area contributed by atoms with Crippen LogP contribution in [0.3, 0.4) is 0 Å². The van der Waals surface area contributed by atoms with Crippen molar-refractivity contribution in [2.24, 2.45) is 17.6 Å². The van der Waals surface area contributed by atoms with E-state index in [1.54, 1.807) is 13.8 Å². The molecule has 3 aliphatic carbocycles. The molecule has 4 atom stereocenters. The molecule has 0 aromatic heterocycles. The number of likely N-dealkylation sites (N-methyl/N-ethyl adjacent to an activating group) is 1. The van der Waals surface area contributed by atoms with Crippen molar-refractivity contribution in [3.8, 4) is 5.75 Å². The highest BCUT2D eigenvalue weighted by molar-refractivity contribution is 6.24. The third-order valence-corrected chi connectivity index (χ3v) is 8.43. The van der Waals surface area contributed by atoms with Crippen LogP contribution in [0.15, 0.2) is 52.0 Å². The first-order chi connectivity index (χ1) is 21.1. The van der Waals surface area contributed by atoms with E-state index in [0.29, 0.717) is 11.1 Å². The third kappa shape index (κ3) is 5.42. The van der Waals surface area contributed by atoms with Gasteiger partial charge in [-0.1, -0.05) is 6.07 Å². The number of primary amides is 1. The van der Waals surface area contributed by atoms with Crippen LogP contribution in [0.25, 0.3) is 6.08 Å². The SMILES string of the molecule is CCOC(=O)C(=C\c1ccc(O)c2c1C[C@H]1C[C@H]3[C@H](N(C)C)C(O)=C(C(N)=O)C(=O)[C@@]3(O)C(O)=C1C2=O)/C=C(\C)C(=O)OCC. The molecule has 13 nitrogen and oxygen atoms in total. The average Bonchev–Trinajstić information content (AvgIpc) is 2.95. The normalized spacial score (nSPS) is 25.1. The first kappa shape index (κ1) is 33.1. The minimum Gasteiger partial charge on any atom is -0.510 e. The van der Waals surface area contributed by atoms with Gasteiger partial charge in [0.05, 0.1) is 30.4 Å². The summed E-state index contributed by atoms with van der Waals surface area (Å²) < 4.78 is 10.2. The summed E-state index contributed by atoms with van der Waals surface area (Å²) >= 11 is 0. The van der Waals surface area contributed by atoms with Gasteiger partial charge in [0, 0.05) is 17.1 Å². The zero-order valence-electron chi connectivity index (χ0n) is 25.5. The summed E-state index contributed by atoms with van der Waals surface area (Å²) in [5, 5.41) is 44.9. The van der Waals surface area contributed by atoms with Crippen LogP contribution < -0.4 is 5.73 Å². The van der Waals surface area contributed by atoms with Crippen molar-refractivity contribution in [3.05, 3.63) is 68.7 Å². The van der Waals surface area contributed by atoms with Crippen LogP contribution in [-0.2, 0) is 35.1 Å². The Bertz CT molecular complexity index is 1630. The lowest BCUT2D eigenvalue weighted by atomic mass is 9.58. The Morgan fingerprint density at radius 1 is 1.07 bits per heavy atom. The minimum atomic E-state index is -2.76. The summed E-state index contributed by atoms with van der Waals surface area (Å²) in [5.74, 6) is -9.03. The third-order valence-electron chi connectivity index (χ3n) is 8.43. The van der Waals surface area contributed by atoms with E-state index >= 15 is 0 Å². The highest BCUT2D eigenvalue weighted by atomic mass is 16.5. The molecule has 0 unspecified atom stereocenters. The summed E-state index contributed by atoms with van der Waals surface area (Å²) in [6.07, 6.45) is 2.60. The van der Waals surface area contributed by atoms with Gasteiger partial charge in [-0.3, -0.25) is 19.3 Å². The van der Waals surface area contributed by atoms with Crippen LogP contribution in [-0.4, -0.2) is 93.7 Å². The highest BCUT2D eigenvalue weighted by Crippen LogP contribution is 2.52. The molecule has 0 saturated heterocycles. The van der Waals surface area contributed by atoms with Crippen LogP contribution in [0.2, 0.25) is 0 Å². The predicted octanol–water partition coefficient (Wildman–Crippen LogP) is 1.58. The van der Waals surface area contributed by atoms with Crippen molar-refractivity contribution in [3.63, 3.8) is 0 Å². The van der Waals surface area contributed by atoms with E-state index < -0.39 is 75.7 Å². The van der Waals surface area contributed by atoms with Crippen molar-refractivity contribution in [1.82, 2.24) is 4.90 Å². The molecule has 240 valence electrons. The van der Waals surface area contributed by atoms with Crippen molar-refractivity contribution >= 4 is 35.5 Å². The van der Waals surface area contributed by atoms with Crippen LogP contribution >= 0.6 is 0 Å². The van der Waals surface area contributed by atoms with Crippen molar-refractivity contribution < 1.29 is 53.9 Å². The number of aromatic hydroxyl groups is 1. The maximum absolute atomic E-state index is 14.0. The van der Waals surface area contributed by atoms with Crippen LogP contribution in [0, 0.1) is 11.8 Å². The topological polar surface area (TPSA) is 214 Å². The first-order valence-electron chi connectivity index (χ1n) is 14.3. The summed E-state index contributed by atoms with van der Waals surface area (Å²) in [6, 6.07) is 1.55. The largest absolute Gasteiger partial charge is 0.510 e. The van der Waals surface area contributed by atoms with Crippen LogP contribution in [0.1, 0.15) is 48.7 Å². The van der Waals surface area contributed by atoms with E-state index in [9.17, 15) is 44.4 Å². The number of phenolic OH excluding ortho intramolecular Hbond substituents is 1. The molecule has 0 spiro atoms. The Balaban J connectivity index is 1.92. The molecule has 4 rings (SSSR count). The quantitative estimate of drug-likeness (QED) is 0.121. The van der Waals surface area contributed by atoms with Crippen molar-refractivity contribution in [2.75, 3.05) is 27.3 Å². The molecular weight excluding hydrogens is 588 g/mol. The lowest BCUT2D eigenvalue weighted by molar-refractivity contribution is -0.148. The number of hydrogen-bond donors (Lipinski definition) is 5. The molecular formula is C32H36N2O11. The molecule has 6 N–H and O–H groups in total. The molecule has 1 aromatic carbocycles. The van der Waals surface area contributed by atoms with Gasteiger partial charge in [-0.2, -0.15) is 0 Å². The molecule has 0 aliphatic heterocycles. The first-order valence-corrected chi connectivity index (χ1v) is 14.3. The number of aliphatic hydroxyl groups excluding tert-OH is 2. The Morgan fingerprint density at radius 2 is 1.69 bits per heavy atom. The number of ether oxygens (including phenoxy) is 2. The number of hydrogen-bond acceptors (Lipinski definition) is 12. The van der Waals surface area contributed by atoms with Gasteiger partial charge in [0.2, 0.25) is 5.78 Å².